The second kappa shape index (κ2) is 6.23. The van der Waals surface area contributed by atoms with Crippen LogP contribution in [0.2, 0.25) is 0 Å². The molecule has 1 unspecified atom stereocenters. The number of fused-ring (bicyclic) bond motifs is 1. The Balaban J connectivity index is 1.98. The Morgan fingerprint density at radius 2 is 2.20 bits per heavy atom. The molecule has 3 rings (SSSR count). The number of rotatable bonds is 6. The second-order valence-electron chi connectivity index (χ2n) is 6.34. The summed E-state index contributed by atoms with van der Waals surface area (Å²) in [5.74, 6) is 0. The highest BCUT2D eigenvalue weighted by Gasteiger charge is 2.34. The highest BCUT2D eigenvalue weighted by atomic mass is 32.3. The third-order valence-electron chi connectivity index (χ3n) is 4.19. The van der Waals surface area contributed by atoms with Crippen LogP contribution in [0, 0.1) is 0 Å². The maximum absolute atomic E-state index is 11.0. The molecular weight excluding hydrogens is 346 g/mol. The first kappa shape index (κ1) is 17.5. The minimum absolute atomic E-state index is 0.550. The molecule has 3 aromatic rings. The van der Waals surface area contributed by atoms with Gasteiger partial charge in [-0.3, -0.25) is 4.55 Å². The number of H-pyrrole nitrogens is 1. The van der Waals surface area contributed by atoms with Gasteiger partial charge in [0.15, 0.2) is 0 Å². The van der Waals surface area contributed by atoms with Crippen LogP contribution in [0.5, 0.6) is 0 Å². The van der Waals surface area contributed by atoms with Crippen LogP contribution in [0.3, 0.4) is 0 Å². The quantitative estimate of drug-likeness (QED) is 0.441. The fourth-order valence-corrected chi connectivity index (χ4v) is 3.21. The molecule has 9 nitrogen and oxygen atoms in total. The molecule has 0 radical (unpaired) electrons. The zero-order chi connectivity index (χ0) is 18.2. The molecule has 0 aliphatic carbocycles. The van der Waals surface area contributed by atoms with E-state index >= 15 is 0 Å². The third kappa shape index (κ3) is 3.71. The monoisotopic (exact) mass is 365 g/mol. The van der Waals surface area contributed by atoms with E-state index in [-0.39, 0.29) is 0 Å². The van der Waals surface area contributed by atoms with Crippen LogP contribution in [0.4, 0.5) is 0 Å². The summed E-state index contributed by atoms with van der Waals surface area (Å²) in [6.07, 6.45) is 3.61. The summed E-state index contributed by atoms with van der Waals surface area (Å²) in [4.78, 5) is 7.06. The number of aromatic nitrogens is 4. The van der Waals surface area contributed by atoms with Crippen molar-refractivity contribution < 1.29 is 17.2 Å². The van der Waals surface area contributed by atoms with Gasteiger partial charge in [-0.2, -0.15) is 13.5 Å². The van der Waals surface area contributed by atoms with E-state index in [4.69, 9.17) is 10.3 Å². The molecule has 1 atom stereocenters. The van der Waals surface area contributed by atoms with Gasteiger partial charge in [-0.1, -0.05) is 19.9 Å². The highest BCUT2D eigenvalue weighted by Crippen LogP contribution is 2.34. The van der Waals surface area contributed by atoms with Crippen molar-refractivity contribution >= 4 is 21.3 Å². The number of hydrogen-bond donors (Lipinski definition) is 3. The molecule has 0 aliphatic rings. The summed E-state index contributed by atoms with van der Waals surface area (Å²) in [6, 6.07) is 5.87. The number of nitrogens with two attached hydrogens (primary N) is 1. The van der Waals surface area contributed by atoms with Crippen LogP contribution in [-0.2, 0) is 26.5 Å². The minimum atomic E-state index is -4.65. The number of benzene rings is 1. The van der Waals surface area contributed by atoms with Crippen LogP contribution in [0.15, 0.2) is 37.1 Å². The van der Waals surface area contributed by atoms with Crippen molar-refractivity contribution in [2.24, 2.45) is 5.73 Å². The smallest absolute Gasteiger partial charge is 0.361 e. The van der Waals surface area contributed by atoms with E-state index < -0.39 is 22.0 Å². The molecule has 1 aromatic carbocycles. The first-order valence-corrected chi connectivity index (χ1v) is 8.87. The summed E-state index contributed by atoms with van der Waals surface area (Å²) >= 11 is 0. The van der Waals surface area contributed by atoms with Gasteiger partial charge in [-0.15, -0.1) is 0 Å². The van der Waals surface area contributed by atoms with Gasteiger partial charge in [0.1, 0.15) is 18.9 Å². The molecule has 0 spiro atoms. The van der Waals surface area contributed by atoms with Crippen molar-refractivity contribution in [3.63, 3.8) is 0 Å². The molecule has 0 saturated heterocycles. The molecule has 0 saturated carbocycles. The van der Waals surface area contributed by atoms with Crippen molar-refractivity contribution in [3.8, 4) is 0 Å². The van der Waals surface area contributed by atoms with Crippen molar-refractivity contribution in [2.75, 3.05) is 0 Å². The van der Waals surface area contributed by atoms with Gasteiger partial charge in [0.25, 0.3) is 0 Å². The summed E-state index contributed by atoms with van der Waals surface area (Å²) in [7, 11) is -4.65. The number of aromatic amines is 1. The zero-order valence-electron chi connectivity index (χ0n) is 13.7. The normalized spacial score (nSPS) is 14.1. The summed E-state index contributed by atoms with van der Waals surface area (Å²) in [5.41, 5.74) is 7.65. The Morgan fingerprint density at radius 1 is 1.44 bits per heavy atom. The Labute approximate surface area is 144 Å². The lowest BCUT2D eigenvalue weighted by molar-refractivity contribution is 0.121. The maximum atomic E-state index is 11.0. The Morgan fingerprint density at radius 3 is 2.84 bits per heavy atom. The van der Waals surface area contributed by atoms with E-state index in [0.29, 0.717) is 6.54 Å². The lowest BCUT2D eigenvalue weighted by atomic mass is 9.82. The van der Waals surface area contributed by atoms with Crippen LogP contribution < -0.4 is 5.73 Å². The third-order valence-corrected chi connectivity index (χ3v) is 4.64. The number of nitrogens with zero attached hydrogens (tertiary/aromatic N) is 3. The Bertz CT molecular complexity index is 979. The first-order valence-electron chi connectivity index (χ1n) is 7.51. The summed E-state index contributed by atoms with van der Waals surface area (Å²) < 4.78 is 37.1. The summed E-state index contributed by atoms with van der Waals surface area (Å²) in [6.45, 7) is 4.04. The number of nitrogens with one attached hydrogen (secondary N) is 1. The second-order valence-corrected chi connectivity index (χ2v) is 7.39. The van der Waals surface area contributed by atoms with Crippen molar-refractivity contribution in [3.05, 3.63) is 48.2 Å². The number of hydrogen-bond acceptors (Lipinski definition) is 6. The summed E-state index contributed by atoms with van der Waals surface area (Å²) in [5, 5.41) is 4.97. The van der Waals surface area contributed by atoms with Gasteiger partial charge in [0.05, 0.1) is 6.54 Å². The van der Waals surface area contributed by atoms with E-state index in [1.165, 1.54) is 6.33 Å². The molecule has 10 heteroatoms. The van der Waals surface area contributed by atoms with Gasteiger partial charge in [0, 0.05) is 22.5 Å². The van der Waals surface area contributed by atoms with Crippen molar-refractivity contribution in [1.29, 1.82) is 0 Å². The molecule has 0 fully saturated rings. The van der Waals surface area contributed by atoms with Gasteiger partial charge in [-0.05, 0) is 23.3 Å². The standard InChI is InChI=1S/C15H19N5O4S/c1-15(2,14(16)24-25(21,22)23)12-6-18-13-4-3-10(5-11(12)13)7-20-9-17-8-19-20/h3-6,8-9,14,18H,7,16H2,1-2H3,(H,21,22,23). The first-order chi connectivity index (χ1) is 11.7. The van der Waals surface area contributed by atoms with E-state index in [9.17, 15) is 8.42 Å². The van der Waals surface area contributed by atoms with E-state index in [0.717, 1.165) is 22.0 Å². The van der Waals surface area contributed by atoms with Crippen LogP contribution in [-0.4, -0.2) is 38.9 Å². The minimum Gasteiger partial charge on any atom is -0.361 e. The van der Waals surface area contributed by atoms with Crippen LogP contribution >= 0.6 is 0 Å². The van der Waals surface area contributed by atoms with Crippen molar-refractivity contribution in [2.45, 2.75) is 32.0 Å². The fourth-order valence-electron chi connectivity index (χ4n) is 2.71. The topological polar surface area (TPSA) is 136 Å². The average Bonchev–Trinajstić information content (AvgIpc) is 3.14. The SMILES string of the molecule is CC(C)(c1c[nH]c2ccc(Cn3cncn3)cc12)C(N)OS(=O)(=O)O. The molecule has 25 heavy (non-hydrogen) atoms. The lowest BCUT2D eigenvalue weighted by Gasteiger charge is -2.29. The van der Waals surface area contributed by atoms with Crippen LogP contribution in [0.25, 0.3) is 10.9 Å². The van der Waals surface area contributed by atoms with Crippen LogP contribution in [0.1, 0.15) is 25.0 Å². The highest BCUT2D eigenvalue weighted by molar-refractivity contribution is 7.80. The maximum Gasteiger partial charge on any atom is 0.398 e. The zero-order valence-corrected chi connectivity index (χ0v) is 14.6. The fraction of sp³-hybridized carbons (Fsp3) is 0.333. The molecule has 0 bridgehead atoms. The molecule has 134 valence electrons. The van der Waals surface area contributed by atoms with Gasteiger partial charge in [-0.25, -0.2) is 13.8 Å². The molecular formula is C15H19N5O4S. The Hall–Kier alpha value is -2.27. The van der Waals surface area contributed by atoms with Gasteiger partial charge < -0.3 is 10.7 Å². The van der Waals surface area contributed by atoms with Gasteiger partial charge >= 0.3 is 10.4 Å². The Kier molecular flexibility index (Phi) is 4.37. The molecule has 0 amide bonds. The van der Waals surface area contributed by atoms with E-state index in [1.54, 1.807) is 31.1 Å². The van der Waals surface area contributed by atoms with Crippen molar-refractivity contribution in [1.82, 2.24) is 19.7 Å². The predicted octanol–water partition coefficient (Wildman–Crippen LogP) is 1.19. The lowest BCUT2D eigenvalue weighted by Crippen LogP contribution is -2.44. The van der Waals surface area contributed by atoms with E-state index in [2.05, 4.69) is 19.2 Å². The molecule has 2 aromatic heterocycles. The molecule has 2 heterocycles. The molecule has 0 aliphatic heterocycles. The predicted molar refractivity (Wildman–Crippen MR) is 91.1 cm³/mol. The van der Waals surface area contributed by atoms with Gasteiger partial charge in [0.2, 0.25) is 0 Å². The average molecular weight is 365 g/mol. The molecule has 4 N–H and O–H groups in total. The largest absolute Gasteiger partial charge is 0.398 e. The van der Waals surface area contributed by atoms with E-state index in [1.807, 2.05) is 18.2 Å².